The van der Waals surface area contributed by atoms with Gasteiger partial charge in [-0.15, -0.1) is 11.8 Å². The van der Waals surface area contributed by atoms with E-state index in [4.69, 9.17) is 9.47 Å². The molecule has 0 saturated carbocycles. The first-order valence-electron chi connectivity index (χ1n) is 6.34. The van der Waals surface area contributed by atoms with Crippen LogP contribution in [0.2, 0.25) is 0 Å². The lowest BCUT2D eigenvalue weighted by Crippen LogP contribution is -2.41. The Bertz CT molecular complexity index is 562. The number of methoxy groups -OCH3 is 2. The fourth-order valence-corrected chi connectivity index (χ4v) is 3.81. The summed E-state index contributed by atoms with van der Waals surface area (Å²) < 4.78 is 10.4. The number of thioether (sulfide) groups is 1. The summed E-state index contributed by atoms with van der Waals surface area (Å²) in [7, 11) is 3.08. The van der Waals surface area contributed by atoms with Gasteiger partial charge in [0.15, 0.2) is 11.5 Å². The van der Waals surface area contributed by atoms with Crippen LogP contribution in [0.4, 0.5) is 0 Å². The molecule has 1 aliphatic heterocycles. The second kappa shape index (κ2) is 6.26. The summed E-state index contributed by atoms with van der Waals surface area (Å²) in [6.07, 6.45) is 0. The SMILES string of the molecule is COc1ccc([C@H]2SC[C@H](C(=O)O)N2C(C)=O)cc1OC. The summed E-state index contributed by atoms with van der Waals surface area (Å²) in [5.41, 5.74) is 0.816. The Morgan fingerprint density at radius 2 is 1.95 bits per heavy atom. The first kappa shape index (κ1) is 15.5. The molecule has 1 saturated heterocycles. The van der Waals surface area contributed by atoms with Gasteiger partial charge in [0.2, 0.25) is 5.91 Å². The number of carboxylic acids is 1. The van der Waals surface area contributed by atoms with Gasteiger partial charge < -0.3 is 19.5 Å². The van der Waals surface area contributed by atoms with E-state index in [-0.39, 0.29) is 11.3 Å². The number of carbonyl (C=O) groups is 2. The number of benzene rings is 1. The maximum atomic E-state index is 11.8. The van der Waals surface area contributed by atoms with Gasteiger partial charge in [0.25, 0.3) is 0 Å². The van der Waals surface area contributed by atoms with Gasteiger partial charge >= 0.3 is 5.97 Å². The van der Waals surface area contributed by atoms with E-state index in [9.17, 15) is 14.7 Å². The van der Waals surface area contributed by atoms with Crippen LogP contribution >= 0.6 is 11.8 Å². The van der Waals surface area contributed by atoms with E-state index in [0.717, 1.165) is 5.56 Å². The summed E-state index contributed by atoms with van der Waals surface area (Å²) >= 11 is 1.43. The zero-order chi connectivity index (χ0) is 15.6. The van der Waals surface area contributed by atoms with Crippen LogP contribution in [0, 0.1) is 0 Å². The van der Waals surface area contributed by atoms with Crippen molar-refractivity contribution >= 4 is 23.6 Å². The molecule has 0 aliphatic carbocycles. The van der Waals surface area contributed by atoms with Crippen LogP contribution in [0.15, 0.2) is 18.2 Å². The third kappa shape index (κ3) is 2.92. The van der Waals surface area contributed by atoms with Gasteiger partial charge in [-0.2, -0.15) is 0 Å². The maximum Gasteiger partial charge on any atom is 0.327 e. The van der Waals surface area contributed by atoms with Gasteiger partial charge in [-0.3, -0.25) is 4.79 Å². The minimum Gasteiger partial charge on any atom is -0.493 e. The summed E-state index contributed by atoms with van der Waals surface area (Å²) in [4.78, 5) is 24.5. The van der Waals surface area contributed by atoms with Crippen LogP contribution in [0.3, 0.4) is 0 Å². The largest absolute Gasteiger partial charge is 0.493 e. The molecule has 0 bridgehead atoms. The number of hydrogen-bond donors (Lipinski definition) is 1. The molecule has 0 radical (unpaired) electrons. The minimum atomic E-state index is -0.985. The first-order valence-corrected chi connectivity index (χ1v) is 7.39. The molecule has 0 spiro atoms. The van der Waals surface area contributed by atoms with Crippen molar-refractivity contribution in [2.45, 2.75) is 18.3 Å². The molecule has 1 amide bonds. The Morgan fingerprint density at radius 1 is 1.29 bits per heavy atom. The van der Waals surface area contributed by atoms with E-state index in [2.05, 4.69) is 0 Å². The van der Waals surface area contributed by atoms with Crippen LogP contribution in [-0.2, 0) is 9.59 Å². The smallest absolute Gasteiger partial charge is 0.327 e. The fourth-order valence-electron chi connectivity index (χ4n) is 2.34. The Kier molecular flexibility index (Phi) is 4.62. The van der Waals surface area contributed by atoms with Crippen molar-refractivity contribution in [1.82, 2.24) is 4.90 Å². The predicted molar refractivity (Wildman–Crippen MR) is 78.7 cm³/mol. The van der Waals surface area contributed by atoms with Gasteiger partial charge in [-0.1, -0.05) is 6.07 Å². The second-order valence-corrected chi connectivity index (χ2v) is 5.69. The van der Waals surface area contributed by atoms with Crippen molar-refractivity contribution in [2.24, 2.45) is 0 Å². The van der Waals surface area contributed by atoms with Crippen LogP contribution in [0.5, 0.6) is 11.5 Å². The lowest BCUT2D eigenvalue weighted by molar-refractivity contribution is -0.148. The van der Waals surface area contributed by atoms with Crippen molar-refractivity contribution in [3.63, 3.8) is 0 Å². The molecule has 6 nitrogen and oxygen atoms in total. The van der Waals surface area contributed by atoms with Gasteiger partial charge in [-0.05, 0) is 17.7 Å². The van der Waals surface area contributed by atoms with E-state index >= 15 is 0 Å². The molecule has 7 heteroatoms. The van der Waals surface area contributed by atoms with Crippen molar-refractivity contribution < 1.29 is 24.2 Å². The molecule has 1 N–H and O–H groups in total. The number of nitrogens with zero attached hydrogens (tertiary/aromatic N) is 1. The van der Waals surface area contributed by atoms with E-state index in [1.165, 1.54) is 30.7 Å². The molecule has 0 aromatic heterocycles. The average Bonchev–Trinajstić information content (AvgIpc) is 2.91. The molecule has 1 aliphatic rings. The Balaban J connectivity index is 2.36. The average molecular weight is 311 g/mol. The third-order valence-electron chi connectivity index (χ3n) is 3.34. The minimum absolute atomic E-state index is 0.257. The molecule has 0 unspecified atom stereocenters. The highest BCUT2D eigenvalue weighted by atomic mass is 32.2. The highest BCUT2D eigenvalue weighted by Gasteiger charge is 2.41. The Labute approximate surface area is 127 Å². The van der Waals surface area contributed by atoms with Crippen molar-refractivity contribution in [3.05, 3.63) is 23.8 Å². The zero-order valence-corrected chi connectivity index (χ0v) is 12.8. The van der Waals surface area contributed by atoms with Gasteiger partial charge in [-0.25, -0.2) is 4.79 Å². The molecule has 2 atom stereocenters. The number of carbonyl (C=O) groups excluding carboxylic acids is 1. The monoisotopic (exact) mass is 311 g/mol. The fraction of sp³-hybridized carbons (Fsp3) is 0.429. The zero-order valence-electron chi connectivity index (χ0n) is 12.0. The Hall–Kier alpha value is -1.89. The summed E-state index contributed by atoms with van der Waals surface area (Å²) in [6, 6.07) is 4.54. The highest BCUT2D eigenvalue weighted by Crippen LogP contribution is 2.43. The van der Waals surface area contributed by atoms with Gasteiger partial charge in [0.05, 0.1) is 14.2 Å². The lowest BCUT2D eigenvalue weighted by Gasteiger charge is -2.26. The van der Waals surface area contributed by atoms with Crippen LogP contribution in [0.1, 0.15) is 17.9 Å². The predicted octanol–water partition coefficient (Wildman–Crippen LogP) is 1.75. The second-order valence-electron chi connectivity index (χ2n) is 4.58. The number of ether oxygens (including phenoxy) is 2. The van der Waals surface area contributed by atoms with Gasteiger partial charge in [0, 0.05) is 12.7 Å². The normalized spacial score (nSPS) is 21.2. The quantitative estimate of drug-likeness (QED) is 0.913. The molecule has 114 valence electrons. The van der Waals surface area contributed by atoms with Crippen LogP contribution in [0.25, 0.3) is 0 Å². The number of carboxylic acid groups (broad SMARTS) is 1. The summed E-state index contributed by atoms with van der Waals surface area (Å²) in [5, 5.41) is 8.90. The number of hydrogen-bond acceptors (Lipinski definition) is 5. The van der Waals surface area contributed by atoms with Crippen molar-refractivity contribution in [3.8, 4) is 11.5 Å². The summed E-state index contributed by atoms with van der Waals surface area (Å²) in [6.45, 7) is 1.38. The molecule has 1 aromatic rings. The van der Waals surface area contributed by atoms with Crippen LogP contribution in [-0.4, -0.2) is 47.9 Å². The van der Waals surface area contributed by atoms with Crippen molar-refractivity contribution in [1.29, 1.82) is 0 Å². The molecule has 1 heterocycles. The standard InChI is InChI=1S/C14H17NO5S/c1-8(16)15-10(14(17)18)7-21-13(15)9-4-5-11(19-2)12(6-9)20-3/h4-6,10,13H,7H2,1-3H3,(H,17,18)/t10-,13-/m1/s1. The number of amides is 1. The first-order chi connectivity index (χ1) is 9.99. The van der Waals surface area contributed by atoms with Gasteiger partial charge in [0.1, 0.15) is 11.4 Å². The molecule has 1 aromatic carbocycles. The van der Waals surface area contributed by atoms with E-state index in [1.807, 2.05) is 6.07 Å². The Morgan fingerprint density at radius 3 is 2.48 bits per heavy atom. The third-order valence-corrected chi connectivity index (χ3v) is 4.67. The topological polar surface area (TPSA) is 76.1 Å². The van der Waals surface area contributed by atoms with E-state index < -0.39 is 12.0 Å². The lowest BCUT2D eigenvalue weighted by atomic mass is 10.1. The van der Waals surface area contributed by atoms with E-state index in [1.54, 1.807) is 19.2 Å². The van der Waals surface area contributed by atoms with Crippen LogP contribution < -0.4 is 9.47 Å². The molecular weight excluding hydrogens is 294 g/mol. The summed E-state index contributed by atoms with van der Waals surface area (Å²) in [5.74, 6) is 0.271. The number of aliphatic carboxylic acids is 1. The molecule has 2 rings (SSSR count). The highest BCUT2D eigenvalue weighted by molar-refractivity contribution is 7.99. The molecular formula is C14H17NO5S. The number of rotatable bonds is 4. The van der Waals surface area contributed by atoms with Crippen molar-refractivity contribution in [2.75, 3.05) is 20.0 Å². The van der Waals surface area contributed by atoms with E-state index in [0.29, 0.717) is 17.3 Å². The maximum absolute atomic E-state index is 11.8. The molecule has 21 heavy (non-hydrogen) atoms. The molecule has 1 fully saturated rings.